The molecular weight excluding hydrogens is 577 g/mol. The predicted octanol–water partition coefficient (Wildman–Crippen LogP) is 5.53. The zero-order chi connectivity index (χ0) is 27.0. The maximum absolute atomic E-state index is 13.8. The Morgan fingerprint density at radius 3 is 2.49 bits per heavy atom. The zero-order valence-corrected chi connectivity index (χ0v) is 22.3. The first-order valence-electron chi connectivity index (χ1n) is 11.3. The van der Waals surface area contributed by atoms with Gasteiger partial charge in [-0.05, 0) is 55.3 Å². The lowest BCUT2D eigenvalue weighted by Gasteiger charge is -2.25. The molecule has 0 saturated heterocycles. The monoisotopic (exact) mass is 602 g/mol. The van der Waals surface area contributed by atoms with Gasteiger partial charge in [-0.1, -0.05) is 28.8 Å². The third kappa shape index (κ3) is 7.79. The quantitative estimate of drug-likeness (QED) is 0.236. The molecule has 0 aliphatic rings. The van der Waals surface area contributed by atoms with Crippen molar-refractivity contribution in [1.29, 1.82) is 0 Å². The number of aliphatic hydroxyl groups excluding tert-OH is 1. The van der Waals surface area contributed by atoms with Crippen LogP contribution >= 0.6 is 15.9 Å². The van der Waals surface area contributed by atoms with Crippen LogP contribution in [0, 0.1) is 0 Å². The molecule has 1 unspecified atom stereocenters. The number of benzene rings is 2. The summed E-state index contributed by atoms with van der Waals surface area (Å²) >= 11 is 3.40. The molecular formula is C24H26BrF3N4O4S. The number of aliphatic hydroxyl groups is 1. The molecule has 0 radical (unpaired) electrons. The number of methoxy groups -OCH3 is 1. The summed E-state index contributed by atoms with van der Waals surface area (Å²) in [5, 5.41) is 11.5. The van der Waals surface area contributed by atoms with Crippen molar-refractivity contribution in [3.8, 4) is 5.75 Å². The van der Waals surface area contributed by atoms with Crippen LogP contribution in [0.2, 0.25) is 0 Å². The molecule has 1 atom stereocenters. The second-order valence-electron chi connectivity index (χ2n) is 7.93. The first kappa shape index (κ1) is 28.7. The average Bonchev–Trinajstić information content (AvgIpc) is 3.38. The summed E-state index contributed by atoms with van der Waals surface area (Å²) < 4.78 is 60.2. The molecule has 3 rings (SSSR count). The standard InChI is InChI=1S/C24H26BrF3N4O4S/c1-36-20-11-8-17(30-22(34)19-15-29-23(31-19)24(26,27)28)14-21(20)37(35)32(12-4-2-3-5-13-33)18-9-6-16(25)7-10-18/h6-11,14-15,33H,2-5,12-13H2,1H3,(H,29,31)(H,30,34). The zero-order valence-electron chi connectivity index (χ0n) is 19.8. The molecule has 0 aliphatic carbocycles. The van der Waals surface area contributed by atoms with Gasteiger partial charge in [-0.3, -0.25) is 9.10 Å². The van der Waals surface area contributed by atoms with Gasteiger partial charge >= 0.3 is 6.18 Å². The molecule has 0 saturated carbocycles. The van der Waals surface area contributed by atoms with Crippen molar-refractivity contribution in [3.63, 3.8) is 0 Å². The van der Waals surface area contributed by atoms with Gasteiger partial charge in [0.05, 0.1) is 13.3 Å². The minimum atomic E-state index is -4.71. The molecule has 0 aliphatic heterocycles. The lowest BCUT2D eigenvalue weighted by Crippen LogP contribution is -2.27. The van der Waals surface area contributed by atoms with Crippen molar-refractivity contribution < 1.29 is 32.0 Å². The van der Waals surface area contributed by atoms with Crippen molar-refractivity contribution in [1.82, 2.24) is 9.97 Å². The van der Waals surface area contributed by atoms with E-state index in [1.807, 2.05) is 29.2 Å². The number of H-pyrrole nitrogens is 1. The highest BCUT2D eigenvalue weighted by atomic mass is 79.9. The Morgan fingerprint density at radius 1 is 1.16 bits per heavy atom. The SMILES string of the molecule is COc1ccc(NC(=O)c2cnc(C(F)(F)F)[nH]2)cc1S(=O)N(CCCCCCO)c1ccc(Br)cc1. The van der Waals surface area contributed by atoms with Crippen molar-refractivity contribution >= 4 is 44.2 Å². The third-order valence-electron chi connectivity index (χ3n) is 5.28. The smallest absolute Gasteiger partial charge is 0.449 e. The number of rotatable bonds is 12. The molecule has 8 nitrogen and oxygen atoms in total. The number of nitrogens with one attached hydrogen (secondary N) is 2. The number of aromatic amines is 1. The van der Waals surface area contributed by atoms with Crippen LogP contribution < -0.4 is 14.4 Å². The predicted molar refractivity (Wildman–Crippen MR) is 138 cm³/mol. The average molecular weight is 603 g/mol. The molecule has 0 bridgehead atoms. The summed E-state index contributed by atoms with van der Waals surface area (Å²) in [5.74, 6) is -1.79. The van der Waals surface area contributed by atoms with Gasteiger partial charge < -0.3 is 20.1 Å². The number of aromatic nitrogens is 2. The number of imidazole rings is 1. The number of halogens is 4. The second-order valence-corrected chi connectivity index (χ2v) is 10.2. The van der Waals surface area contributed by atoms with Gasteiger partial charge in [-0.25, -0.2) is 9.19 Å². The minimum Gasteiger partial charge on any atom is -0.495 e. The topological polar surface area (TPSA) is 108 Å². The summed E-state index contributed by atoms with van der Waals surface area (Å²) in [5.41, 5.74) is 0.554. The van der Waals surface area contributed by atoms with Crippen LogP contribution in [0.15, 0.2) is 58.0 Å². The molecule has 37 heavy (non-hydrogen) atoms. The van der Waals surface area contributed by atoms with Crippen LogP contribution in [0.1, 0.15) is 42.0 Å². The fourth-order valence-corrected chi connectivity index (χ4v) is 5.09. The van der Waals surface area contributed by atoms with Gasteiger partial charge in [-0.15, -0.1) is 0 Å². The molecule has 3 aromatic rings. The van der Waals surface area contributed by atoms with Crippen molar-refractivity contribution in [2.45, 2.75) is 36.8 Å². The van der Waals surface area contributed by atoms with E-state index < -0.39 is 28.9 Å². The molecule has 0 fully saturated rings. The molecule has 1 amide bonds. The Hall–Kier alpha value is -2.90. The van der Waals surface area contributed by atoms with E-state index in [1.165, 1.54) is 25.3 Å². The second kappa shape index (κ2) is 13.1. The number of alkyl halides is 3. The number of amides is 1. The van der Waals surface area contributed by atoms with Crippen LogP contribution in [0.4, 0.5) is 24.5 Å². The molecule has 1 aromatic heterocycles. The summed E-state index contributed by atoms with van der Waals surface area (Å²) in [6.45, 7) is 0.571. The number of unbranched alkanes of at least 4 members (excludes halogenated alkanes) is 3. The fourth-order valence-electron chi connectivity index (χ4n) is 3.42. The number of ether oxygens (including phenoxy) is 1. The summed E-state index contributed by atoms with van der Waals surface area (Å²) in [6.07, 6.45) is -0.822. The van der Waals surface area contributed by atoms with E-state index in [9.17, 15) is 22.2 Å². The van der Waals surface area contributed by atoms with E-state index in [2.05, 4.69) is 26.2 Å². The van der Waals surface area contributed by atoms with E-state index >= 15 is 0 Å². The van der Waals surface area contributed by atoms with Crippen LogP contribution in [0.5, 0.6) is 5.75 Å². The summed E-state index contributed by atoms with van der Waals surface area (Å²) in [4.78, 5) is 17.9. The lowest BCUT2D eigenvalue weighted by molar-refractivity contribution is -0.144. The normalized spacial score (nSPS) is 12.3. The van der Waals surface area contributed by atoms with Crippen molar-refractivity contribution in [3.05, 3.63) is 64.7 Å². The molecule has 13 heteroatoms. The highest BCUT2D eigenvalue weighted by molar-refractivity contribution is 9.10. The Kier molecular flexibility index (Phi) is 10.1. The van der Waals surface area contributed by atoms with Gasteiger partial charge in [0.1, 0.15) is 16.3 Å². The largest absolute Gasteiger partial charge is 0.495 e. The number of nitrogens with zero attached hydrogens (tertiary/aromatic N) is 2. The Bertz CT molecular complexity index is 1220. The van der Waals surface area contributed by atoms with Crippen LogP contribution in [-0.4, -0.2) is 45.5 Å². The van der Waals surface area contributed by atoms with Gasteiger partial charge in [0.15, 0.2) is 11.0 Å². The molecule has 200 valence electrons. The maximum Gasteiger partial charge on any atom is 0.449 e. The highest BCUT2D eigenvalue weighted by Gasteiger charge is 2.35. The Balaban J connectivity index is 1.85. The van der Waals surface area contributed by atoms with E-state index in [0.717, 1.165) is 29.9 Å². The summed E-state index contributed by atoms with van der Waals surface area (Å²) in [7, 11) is -0.324. The van der Waals surface area contributed by atoms with Gasteiger partial charge in [0.2, 0.25) is 5.82 Å². The van der Waals surface area contributed by atoms with Gasteiger partial charge in [0, 0.05) is 29.0 Å². The lowest BCUT2D eigenvalue weighted by atomic mass is 10.2. The fraction of sp³-hybridized carbons (Fsp3) is 0.333. The van der Waals surface area contributed by atoms with E-state index in [4.69, 9.17) is 9.84 Å². The Morgan fingerprint density at radius 2 is 1.86 bits per heavy atom. The number of carbonyl (C=O) groups is 1. The van der Waals surface area contributed by atoms with Gasteiger partial charge in [-0.2, -0.15) is 13.2 Å². The molecule has 1 heterocycles. The number of hydrogen-bond acceptors (Lipinski definition) is 5. The summed E-state index contributed by atoms with van der Waals surface area (Å²) in [6, 6.07) is 11.8. The number of anilines is 2. The highest BCUT2D eigenvalue weighted by Crippen LogP contribution is 2.31. The first-order valence-corrected chi connectivity index (χ1v) is 13.2. The van der Waals surface area contributed by atoms with Crippen LogP contribution in [-0.2, 0) is 17.2 Å². The molecule has 3 N–H and O–H groups in total. The maximum atomic E-state index is 13.8. The number of carbonyl (C=O) groups excluding carboxylic acids is 1. The van der Waals surface area contributed by atoms with Crippen LogP contribution in [0.25, 0.3) is 0 Å². The van der Waals surface area contributed by atoms with Crippen LogP contribution in [0.3, 0.4) is 0 Å². The van der Waals surface area contributed by atoms with Crippen molar-refractivity contribution in [2.24, 2.45) is 0 Å². The van der Waals surface area contributed by atoms with Crippen molar-refractivity contribution in [2.75, 3.05) is 29.9 Å². The van der Waals surface area contributed by atoms with E-state index in [0.29, 0.717) is 24.4 Å². The van der Waals surface area contributed by atoms with E-state index in [1.54, 1.807) is 4.31 Å². The van der Waals surface area contributed by atoms with E-state index in [-0.39, 0.29) is 22.9 Å². The molecule has 2 aromatic carbocycles. The third-order valence-corrected chi connectivity index (χ3v) is 7.30. The Labute approximate surface area is 223 Å². The number of hydrogen-bond donors (Lipinski definition) is 3. The minimum absolute atomic E-state index is 0.119. The molecule has 0 spiro atoms. The van der Waals surface area contributed by atoms with Gasteiger partial charge in [0.25, 0.3) is 5.91 Å². The first-order chi connectivity index (χ1) is 17.6.